The van der Waals surface area contributed by atoms with E-state index < -0.39 is 49.1 Å². The summed E-state index contributed by atoms with van der Waals surface area (Å²) in [6, 6.07) is 24.7. The maximum Gasteiger partial charge on any atom is 0.320 e. The van der Waals surface area contributed by atoms with Gasteiger partial charge < -0.3 is 36.0 Å². The number of aliphatic carboxylic acids is 1. The van der Waals surface area contributed by atoms with E-state index >= 15 is 0 Å². The van der Waals surface area contributed by atoms with Crippen LogP contribution >= 0.6 is 11.3 Å². The summed E-state index contributed by atoms with van der Waals surface area (Å²) in [6.45, 7) is 1.54. The number of aryl methyl sites for hydroxylation is 1. The number of aliphatic hydroxyl groups is 4. The number of carboxylic acids is 1. The van der Waals surface area contributed by atoms with Crippen molar-refractivity contribution in [1.29, 1.82) is 0 Å². The average Bonchev–Trinajstić information content (AvgIpc) is 3.47. The molecule has 8 nitrogen and oxygen atoms in total. The molecular formula is C33H36FNO7S. The molecule has 43 heavy (non-hydrogen) atoms. The molecule has 1 aliphatic rings. The second kappa shape index (κ2) is 14.8. The fourth-order valence-corrected chi connectivity index (χ4v) is 5.86. The molecule has 0 saturated carbocycles. The molecule has 1 unspecified atom stereocenters. The van der Waals surface area contributed by atoms with Gasteiger partial charge >= 0.3 is 5.97 Å². The Hall–Kier alpha value is -3.48. The predicted molar refractivity (Wildman–Crippen MR) is 162 cm³/mol. The number of carboxylic acid groups (broad SMARTS) is 1. The second-order valence-electron chi connectivity index (χ2n) is 10.5. The van der Waals surface area contributed by atoms with Gasteiger partial charge in [0.1, 0.15) is 42.4 Å². The number of hydrogen-bond donors (Lipinski definition) is 6. The highest BCUT2D eigenvalue weighted by molar-refractivity contribution is 7.15. The number of ether oxygens (including phenoxy) is 1. The first kappa shape index (κ1) is 32.4. The highest BCUT2D eigenvalue weighted by Gasteiger charge is 2.44. The van der Waals surface area contributed by atoms with E-state index in [0.29, 0.717) is 18.4 Å². The van der Waals surface area contributed by atoms with Gasteiger partial charge in [0.15, 0.2) is 0 Å². The van der Waals surface area contributed by atoms with E-state index in [4.69, 9.17) is 15.6 Å². The van der Waals surface area contributed by atoms with Gasteiger partial charge in [-0.25, -0.2) is 4.39 Å². The van der Waals surface area contributed by atoms with Gasteiger partial charge in [0.05, 0.1) is 6.61 Å². The van der Waals surface area contributed by atoms with Crippen LogP contribution in [0.2, 0.25) is 0 Å². The topological polar surface area (TPSA) is 153 Å². The van der Waals surface area contributed by atoms with E-state index in [1.54, 1.807) is 23.5 Å². The smallest absolute Gasteiger partial charge is 0.320 e. The first-order chi connectivity index (χ1) is 20.6. The third kappa shape index (κ3) is 8.33. The minimum Gasteiger partial charge on any atom is -0.480 e. The Morgan fingerprint density at radius 1 is 0.953 bits per heavy atom. The van der Waals surface area contributed by atoms with E-state index in [1.807, 2.05) is 67.6 Å². The Bertz CT molecular complexity index is 1480. The van der Waals surface area contributed by atoms with Crippen LogP contribution in [-0.2, 0) is 22.4 Å². The summed E-state index contributed by atoms with van der Waals surface area (Å²) in [5, 5.41) is 48.5. The van der Waals surface area contributed by atoms with Crippen molar-refractivity contribution in [2.75, 3.05) is 6.61 Å². The Labute approximate surface area is 253 Å². The van der Waals surface area contributed by atoms with Crippen molar-refractivity contribution >= 4 is 17.3 Å². The zero-order valence-electron chi connectivity index (χ0n) is 23.6. The third-order valence-corrected chi connectivity index (χ3v) is 8.50. The largest absolute Gasteiger partial charge is 0.480 e. The van der Waals surface area contributed by atoms with Crippen LogP contribution in [0.5, 0.6) is 0 Å². The summed E-state index contributed by atoms with van der Waals surface area (Å²) in [4.78, 5) is 12.6. The van der Waals surface area contributed by atoms with Gasteiger partial charge in [0, 0.05) is 16.2 Å². The van der Waals surface area contributed by atoms with Gasteiger partial charge in [-0.1, -0.05) is 60.7 Å². The van der Waals surface area contributed by atoms with Gasteiger partial charge in [0.2, 0.25) is 0 Å². The molecule has 0 bridgehead atoms. The Kier molecular flexibility index (Phi) is 11.2. The molecule has 0 aliphatic carbocycles. The fourth-order valence-electron chi connectivity index (χ4n) is 4.82. The maximum atomic E-state index is 13.2. The molecule has 0 amide bonds. The van der Waals surface area contributed by atoms with E-state index in [0.717, 1.165) is 32.0 Å². The van der Waals surface area contributed by atoms with Crippen LogP contribution in [0.1, 0.15) is 33.2 Å². The van der Waals surface area contributed by atoms with Crippen molar-refractivity contribution in [3.63, 3.8) is 0 Å². The van der Waals surface area contributed by atoms with Crippen molar-refractivity contribution in [2.45, 2.75) is 56.3 Å². The minimum atomic E-state index is -1.41. The molecule has 3 aromatic carbocycles. The van der Waals surface area contributed by atoms with Gasteiger partial charge in [-0.15, -0.1) is 11.3 Å². The highest BCUT2D eigenvalue weighted by atomic mass is 32.1. The number of rotatable bonds is 8. The molecule has 1 aromatic heterocycles. The molecule has 0 spiro atoms. The van der Waals surface area contributed by atoms with Crippen LogP contribution < -0.4 is 5.73 Å². The van der Waals surface area contributed by atoms with Crippen molar-refractivity contribution in [1.82, 2.24) is 0 Å². The molecule has 1 fully saturated rings. The third-order valence-electron chi connectivity index (χ3n) is 7.36. The second-order valence-corrected chi connectivity index (χ2v) is 11.7. The highest BCUT2D eigenvalue weighted by Crippen LogP contribution is 2.35. The lowest BCUT2D eigenvalue weighted by Gasteiger charge is -2.40. The zero-order chi connectivity index (χ0) is 31.1. The number of aliphatic hydroxyl groups excluding tert-OH is 4. The van der Waals surface area contributed by atoms with Gasteiger partial charge in [0.25, 0.3) is 0 Å². The average molecular weight is 610 g/mol. The molecule has 7 N–H and O–H groups in total. The number of halogens is 1. The summed E-state index contributed by atoms with van der Waals surface area (Å²) in [5.74, 6) is -1.22. The van der Waals surface area contributed by atoms with Crippen LogP contribution in [0.15, 0.2) is 84.9 Å². The van der Waals surface area contributed by atoms with Crippen LogP contribution in [0.3, 0.4) is 0 Å². The molecule has 0 radical (unpaired) electrons. The standard InChI is InChI=1S/C24H25FO5S.C9H11NO2/c1-13-2-3-15(24-23(29)22(28)21(27)19(12-26)30-24)10-16(13)11-18-8-9-20(31-18)14-4-6-17(25)7-5-14;10-8(9(11)12)6-7-4-2-1-3-5-7/h2-10,19,21-24,26-29H,11-12H2,1H3;1-5,8H,6,10H2,(H,11,12)/t19-,21-,22+,23-,24?;8-/m10/s1. The van der Waals surface area contributed by atoms with Crippen LogP contribution in [0.4, 0.5) is 4.39 Å². The van der Waals surface area contributed by atoms with Crippen LogP contribution in [0.25, 0.3) is 10.4 Å². The minimum absolute atomic E-state index is 0.263. The van der Waals surface area contributed by atoms with Gasteiger partial charge in [-0.05, 0) is 65.4 Å². The summed E-state index contributed by atoms with van der Waals surface area (Å²) >= 11 is 1.63. The predicted octanol–water partition coefficient (Wildman–Crippen LogP) is 3.61. The summed E-state index contributed by atoms with van der Waals surface area (Å²) in [5.41, 5.74) is 10.1. The fraction of sp³-hybridized carbons (Fsp3) is 0.303. The monoisotopic (exact) mass is 609 g/mol. The van der Waals surface area contributed by atoms with Gasteiger partial charge in [-0.3, -0.25) is 4.79 Å². The lowest BCUT2D eigenvalue weighted by molar-refractivity contribution is -0.231. The quantitative estimate of drug-likeness (QED) is 0.177. The molecule has 4 aromatic rings. The zero-order valence-corrected chi connectivity index (χ0v) is 24.4. The molecule has 1 saturated heterocycles. The molecule has 5 rings (SSSR count). The molecule has 1 aliphatic heterocycles. The molecule has 6 atom stereocenters. The maximum absolute atomic E-state index is 13.2. The van der Waals surface area contributed by atoms with E-state index in [9.17, 15) is 29.6 Å². The summed E-state index contributed by atoms with van der Waals surface area (Å²) in [6.07, 6.45) is -4.83. The van der Waals surface area contributed by atoms with Crippen LogP contribution in [0, 0.1) is 12.7 Å². The van der Waals surface area contributed by atoms with Crippen molar-refractivity contribution in [3.05, 3.63) is 118 Å². The van der Waals surface area contributed by atoms with Crippen molar-refractivity contribution in [2.24, 2.45) is 5.73 Å². The molecule has 2 heterocycles. The van der Waals surface area contributed by atoms with Crippen LogP contribution in [-0.4, -0.2) is 68.6 Å². The lowest BCUT2D eigenvalue weighted by Crippen LogP contribution is -2.55. The SMILES string of the molecule is Cc1ccc(C2O[C@H](CO)[C@@H](O)[C@H](O)[C@H]2O)cc1Cc1ccc(-c2ccc(F)cc2)s1.N[C@@H](Cc1ccccc1)C(=O)O. The summed E-state index contributed by atoms with van der Waals surface area (Å²) < 4.78 is 18.9. The Balaban J connectivity index is 0.000000296. The number of nitrogens with two attached hydrogens (primary N) is 1. The number of benzene rings is 3. The molecule has 228 valence electrons. The van der Waals surface area contributed by atoms with E-state index in [2.05, 4.69) is 0 Å². The normalized spacial score (nSPS) is 22.3. The van der Waals surface area contributed by atoms with Gasteiger partial charge in [-0.2, -0.15) is 0 Å². The first-order valence-electron chi connectivity index (χ1n) is 13.8. The number of thiophene rings is 1. The molecule has 10 heteroatoms. The number of hydrogen-bond acceptors (Lipinski definition) is 8. The van der Waals surface area contributed by atoms with E-state index in [1.165, 1.54) is 12.1 Å². The lowest BCUT2D eigenvalue weighted by atomic mass is 9.89. The number of carbonyl (C=O) groups is 1. The molecular weight excluding hydrogens is 573 g/mol. The van der Waals surface area contributed by atoms with Crippen molar-refractivity contribution < 1.29 is 39.5 Å². The Morgan fingerprint density at radius 2 is 1.65 bits per heavy atom. The van der Waals surface area contributed by atoms with E-state index in [-0.39, 0.29) is 5.82 Å². The van der Waals surface area contributed by atoms with Crippen molar-refractivity contribution in [3.8, 4) is 10.4 Å². The Morgan fingerprint density at radius 3 is 2.30 bits per heavy atom. The first-order valence-corrected chi connectivity index (χ1v) is 14.7. The summed E-state index contributed by atoms with van der Waals surface area (Å²) in [7, 11) is 0.